The van der Waals surface area contributed by atoms with Crippen LogP contribution in [0.15, 0.2) is 36.9 Å². The summed E-state index contributed by atoms with van der Waals surface area (Å²) in [5.41, 5.74) is 0.604. The number of benzene rings is 1. The van der Waals surface area contributed by atoms with Crippen molar-refractivity contribution < 1.29 is 9.53 Å². The molecule has 1 aliphatic rings. The summed E-state index contributed by atoms with van der Waals surface area (Å²) < 4.78 is 7.90. The van der Waals surface area contributed by atoms with E-state index in [2.05, 4.69) is 15.6 Å². The number of unbranched alkanes of at least 4 members (excludes halogenated alkanes) is 1. The average molecular weight is 377 g/mol. The van der Waals surface area contributed by atoms with Gasteiger partial charge in [0.1, 0.15) is 5.75 Å². The molecule has 0 spiro atoms. The zero-order valence-electron chi connectivity index (χ0n) is 14.8. The largest absolute Gasteiger partial charge is 0.491 e. The van der Waals surface area contributed by atoms with Gasteiger partial charge in [0.05, 0.1) is 18.6 Å². The first-order chi connectivity index (χ1) is 12.7. The highest BCUT2D eigenvalue weighted by Crippen LogP contribution is 2.31. The highest BCUT2D eigenvalue weighted by atomic mass is 35.5. The van der Waals surface area contributed by atoms with Crippen LogP contribution in [0, 0.1) is 5.92 Å². The molecule has 1 saturated carbocycles. The Bertz CT molecular complexity index is 702. The Morgan fingerprint density at radius 3 is 2.96 bits per heavy atom. The van der Waals surface area contributed by atoms with Crippen molar-refractivity contribution in [3.05, 3.63) is 41.9 Å². The molecule has 6 nitrogen and oxygen atoms in total. The lowest BCUT2D eigenvalue weighted by Gasteiger charge is -2.25. The van der Waals surface area contributed by atoms with Crippen LogP contribution >= 0.6 is 11.6 Å². The monoisotopic (exact) mass is 376 g/mol. The lowest BCUT2D eigenvalue weighted by atomic mass is 9.86. The molecule has 140 valence electrons. The van der Waals surface area contributed by atoms with Crippen molar-refractivity contribution in [2.45, 2.75) is 38.6 Å². The fourth-order valence-corrected chi connectivity index (χ4v) is 2.97. The Morgan fingerprint density at radius 1 is 1.35 bits per heavy atom. The number of nitrogens with one attached hydrogen (secondary N) is 2. The fraction of sp³-hybridized carbons (Fsp3) is 0.474. The second kappa shape index (κ2) is 9.48. The van der Waals surface area contributed by atoms with Gasteiger partial charge in [0, 0.05) is 30.5 Å². The summed E-state index contributed by atoms with van der Waals surface area (Å²) in [6.45, 7) is 2.20. The lowest BCUT2D eigenvalue weighted by Crippen LogP contribution is -2.30. The van der Waals surface area contributed by atoms with Crippen LogP contribution in [-0.4, -0.2) is 28.7 Å². The van der Waals surface area contributed by atoms with Gasteiger partial charge in [-0.25, -0.2) is 9.78 Å². The predicted molar refractivity (Wildman–Crippen MR) is 103 cm³/mol. The van der Waals surface area contributed by atoms with Crippen LogP contribution in [0.3, 0.4) is 0 Å². The molecule has 26 heavy (non-hydrogen) atoms. The Labute approximate surface area is 158 Å². The first kappa shape index (κ1) is 18.6. The van der Waals surface area contributed by atoms with Crippen LogP contribution in [0.25, 0.3) is 0 Å². The van der Waals surface area contributed by atoms with Crippen LogP contribution in [0.2, 0.25) is 5.02 Å². The number of aryl methyl sites for hydroxylation is 1. The molecule has 0 atom stereocenters. The molecular formula is C19H25ClN4O2. The minimum atomic E-state index is -0.247. The van der Waals surface area contributed by atoms with Gasteiger partial charge in [-0.05, 0) is 49.8 Å². The SMILES string of the molecule is O=C(NCCCCn1ccnc1)Nc1cc(Cl)ccc1OCC1CCC1. The minimum Gasteiger partial charge on any atom is -0.491 e. The predicted octanol–water partition coefficient (Wildman–Crippen LogP) is 4.32. The van der Waals surface area contributed by atoms with E-state index in [-0.39, 0.29) is 6.03 Å². The van der Waals surface area contributed by atoms with Gasteiger partial charge in [-0.3, -0.25) is 0 Å². The van der Waals surface area contributed by atoms with Crippen LogP contribution in [-0.2, 0) is 6.54 Å². The van der Waals surface area contributed by atoms with Gasteiger partial charge in [0.25, 0.3) is 0 Å². The molecule has 1 heterocycles. The van der Waals surface area contributed by atoms with Crippen LogP contribution < -0.4 is 15.4 Å². The second-order valence-electron chi connectivity index (χ2n) is 6.64. The molecule has 1 aromatic carbocycles. The third kappa shape index (κ3) is 5.66. The lowest BCUT2D eigenvalue weighted by molar-refractivity contribution is 0.181. The molecule has 0 aliphatic heterocycles. The van der Waals surface area contributed by atoms with E-state index in [9.17, 15) is 4.79 Å². The number of ether oxygens (including phenoxy) is 1. The molecule has 1 aliphatic carbocycles. The molecule has 1 aromatic heterocycles. The zero-order chi connectivity index (χ0) is 18.2. The Morgan fingerprint density at radius 2 is 2.23 bits per heavy atom. The highest BCUT2D eigenvalue weighted by Gasteiger charge is 2.19. The Balaban J connectivity index is 1.41. The van der Waals surface area contributed by atoms with E-state index in [0.717, 1.165) is 19.4 Å². The minimum absolute atomic E-state index is 0.247. The van der Waals surface area contributed by atoms with E-state index in [4.69, 9.17) is 16.3 Å². The van der Waals surface area contributed by atoms with Gasteiger partial charge in [0.15, 0.2) is 0 Å². The van der Waals surface area contributed by atoms with Crippen molar-refractivity contribution in [3.63, 3.8) is 0 Å². The maximum absolute atomic E-state index is 12.1. The van der Waals surface area contributed by atoms with Gasteiger partial charge in [0.2, 0.25) is 0 Å². The number of amides is 2. The van der Waals surface area contributed by atoms with E-state index < -0.39 is 0 Å². The molecule has 7 heteroatoms. The number of carbonyl (C=O) groups is 1. The number of rotatable bonds is 9. The average Bonchev–Trinajstić information content (AvgIpc) is 3.08. The maximum atomic E-state index is 12.1. The summed E-state index contributed by atoms with van der Waals surface area (Å²) in [5, 5.41) is 6.28. The van der Waals surface area contributed by atoms with E-state index in [1.807, 2.05) is 16.8 Å². The summed E-state index contributed by atoms with van der Waals surface area (Å²) in [6.07, 6.45) is 11.1. The fourth-order valence-electron chi connectivity index (χ4n) is 2.80. The van der Waals surface area contributed by atoms with Crippen molar-refractivity contribution >= 4 is 23.3 Å². The number of imidazole rings is 1. The molecule has 3 rings (SSSR count). The highest BCUT2D eigenvalue weighted by molar-refractivity contribution is 6.31. The maximum Gasteiger partial charge on any atom is 0.319 e. The molecule has 1 fully saturated rings. The molecule has 0 unspecified atom stereocenters. The smallest absolute Gasteiger partial charge is 0.319 e. The van der Waals surface area contributed by atoms with Crippen LogP contribution in [0.1, 0.15) is 32.1 Å². The van der Waals surface area contributed by atoms with E-state index in [0.29, 0.717) is 35.5 Å². The van der Waals surface area contributed by atoms with Crippen molar-refractivity contribution in [1.82, 2.24) is 14.9 Å². The van der Waals surface area contributed by atoms with Crippen molar-refractivity contribution in [2.24, 2.45) is 5.92 Å². The molecule has 2 amide bonds. The number of halogens is 1. The molecule has 2 N–H and O–H groups in total. The summed E-state index contributed by atoms with van der Waals surface area (Å²) >= 11 is 6.06. The molecule has 0 bridgehead atoms. The van der Waals surface area contributed by atoms with Gasteiger partial charge in [-0.1, -0.05) is 18.0 Å². The third-order valence-corrected chi connectivity index (χ3v) is 4.81. The van der Waals surface area contributed by atoms with Gasteiger partial charge in [-0.2, -0.15) is 0 Å². The number of nitrogens with zero attached hydrogens (tertiary/aromatic N) is 2. The molecular weight excluding hydrogens is 352 g/mol. The summed E-state index contributed by atoms with van der Waals surface area (Å²) in [5.74, 6) is 1.29. The first-order valence-corrected chi connectivity index (χ1v) is 9.51. The van der Waals surface area contributed by atoms with Gasteiger partial charge < -0.3 is 19.9 Å². The first-order valence-electron chi connectivity index (χ1n) is 9.13. The van der Waals surface area contributed by atoms with Crippen LogP contribution in [0.5, 0.6) is 5.75 Å². The molecule has 0 radical (unpaired) electrons. The number of carbonyl (C=O) groups excluding carboxylic acids is 1. The van der Waals surface area contributed by atoms with Crippen molar-refractivity contribution in [2.75, 3.05) is 18.5 Å². The zero-order valence-corrected chi connectivity index (χ0v) is 15.5. The van der Waals surface area contributed by atoms with E-state index >= 15 is 0 Å². The normalized spacial score (nSPS) is 13.9. The summed E-state index contributed by atoms with van der Waals surface area (Å²) in [6, 6.07) is 5.05. The number of anilines is 1. The van der Waals surface area contributed by atoms with E-state index in [1.165, 1.54) is 19.3 Å². The summed E-state index contributed by atoms with van der Waals surface area (Å²) in [7, 11) is 0. The quantitative estimate of drug-likeness (QED) is 0.640. The number of hydrogen-bond donors (Lipinski definition) is 2. The molecule has 2 aromatic rings. The summed E-state index contributed by atoms with van der Waals surface area (Å²) in [4.78, 5) is 16.1. The Hall–Kier alpha value is -2.21. The van der Waals surface area contributed by atoms with Crippen molar-refractivity contribution in [3.8, 4) is 5.75 Å². The van der Waals surface area contributed by atoms with Crippen molar-refractivity contribution in [1.29, 1.82) is 0 Å². The number of urea groups is 1. The van der Waals surface area contributed by atoms with Gasteiger partial charge >= 0.3 is 6.03 Å². The second-order valence-corrected chi connectivity index (χ2v) is 7.07. The standard InChI is InChI=1S/C19H25ClN4O2/c20-16-6-7-18(26-13-15-4-3-5-15)17(12-16)23-19(25)22-8-1-2-10-24-11-9-21-14-24/h6-7,9,11-12,14-15H,1-5,8,10,13H2,(H2,22,23,25). The third-order valence-electron chi connectivity index (χ3n) is 4.58. The Kier molecular flexibility index (Phi) is 6.77. The molecule has 0 saturated heterocycles. The van der Waals surface area contributed by atoms with E-state index in [1.54, 1.807) is 24.7 Å². The van der Waals surface area contributed by atoms with Gasteiger partial charge in [-0.15, -0.1) is 0 Å². The topological polar surface area (TPSA) is 68.2 Å². The number of aromatic nitrogens is 2. The number of hydrogen-bond acceptors (Lipinski definition) is 3. The van der Waals surface area contributed by atoms with Crippen LogP contribution in [0.4, 0.5) is 10.5 Å².